The Morgan fingerprint density at radius 2 is 1.52 bits per heavy atom. The van der Waals surface area contributed by atoms with Crippen LogP contribution in [-0.4, -0.2) is 54.4 Å². The van der Waals surface area contributed by atoms with Crippen LogP contribution in [0.5, 0.6) is 17.2 Å². The van der Waals surface area contributed by atoms with Gasteiger partial charge >= 0.3 is 11.4 Å². The largest absolute Gasteiger partial charge is 0.508 e. The minimum absolute atomic E-state index is 0.0128. The lowest BCUT2D eigenvalue weighted by molar-refractivity contribution is -0.133. The molecule has 5 aromatic carbocycles. The molecule has 2 aromatic heterocycles. The van der Waals surface area contributed by atoms with Crippen LogP contribution in [0.15, 0.2) is 141 Å². The Hall–Kier alpha value is -7.54. The van der Waals surface area contributed by atoms with Crippen molar-refractivity contribution < 1.29 is 24.2 Å². The predicted octanol–water partition coefficient (Wildman–Crippen LogP) is 5.64. The zero-order valence-corrected chi connectivity index (χ0v) is 34.1. The monoisotopic (exact) mass is 827 g/mol. The maximum Gasteiger partial charge on any atom is 0.347 e. The highest BCUT2D eigenvalue weighted by molar-refractivity contribution is 6.31. The number of rotatable bonds is 8. The molecule has 2 aliphatic carbocycles. The van der Waals surface area contributed by atoms with Crippen molar-refractivity contribution in [3.05, 3.63) is 181 Å². The van der Waals surface area contributed by atoms with Crippen molar-refractivity contribution in [2.24, 2.45) is 13.0 Å². The van der Waals surface area contributed by atoms with Crippen LogP contribution in [-0.2, 0) is 41.6 Å². The molecule has 310 valence electrons. The Morgan fingerprint density at radius 1 is 0.823 bits per heavy atom. The van der Waals surface area contributed by atoms with Crippen molar-refractivity contribution >= 4 is 38.9 Å². The number of nitrogens with zero attached hydrogens (tertiary/aromatic N) is 5. The van der Waals surface area contributed by atoms with Crippen molar-refractivity contribution in [3.63, 3.8) is 0 Å². The lowest BCUT2D eigenvalue weighted by atomic mass is 9.47. The molecular weight excluding hydrogens is 787 g/mol. The third-order valence-electron chi connectivity index (χ3n) is 13.2. The van der Waals surface area contributed by atoms with Crippen molar-refractivity contribution in [3.8, 4) is 17.2 Å². The Balaban J connectivity index is 1.15. The second kappa shape index (κ2) is 14.6. The number of Topliss-reactive ketones (excluding diaryl/α,β-unsaturated/α-hetero) is 1. The normalized spacial score (nSPS) is 20.6. The van der Waals surface area contributed by atoms with Crippen LogP contribution in [0.4, 0.5) is 0 Å². The number of benzene rings is 5. The van der Waals surface area contributed by atoms with Gasteiger partial charge in [0.15, 0.2) is 23.1 Å². The van der Waals surface area contributed by atoms with Crippen LogP contribution in [0.25, 0.3) is 27.4 Å². The number of carbonyl (C=O) groups excluding carboxylic acids is 2. The molecule has 1 aliphatic heterocycles. The quantitative estimate of drug-likeness (QED) is 0.192. The molecule has 10 rings (SSSR count). The maximum atomic E-state index is 15.5. The van der Waals surface area contributed by atoms with Crippen molar-refractivity contribution in [2.75, 3.05) is 14.2 Å². The minimum Gasteiger partial charge on any atom is -0.508 e. The van der Waals surface area contributed by atoms with E-state index in [1.807, 2.05) is 84.9 Å². The van der Waals surface area contributed by atoms with Gasteiger partial charge in [-0.25, -0.2) is 28.5 Å². The molecule has 4 unspecified atom stereocenters. The number of methoxy groups -OCH3 is 2. The first-order valence-electron chi connectivity index (χ1n) is 20.4. The lowest BCUT2D eigenvalue weighted by Crippen LogP contribution is -2.58. The first-order valence-corrected chi connectivity index (χ1v) is 20.4. The summed E-state index contributed by atoms with van der Waals surface area (Å²) >= 11 is 0. The summed E-state index contributed by atoms with van der Waals surface area (Å²) in [5, 5.41) is 13.5. The molecule has 62 heavy (non-hydrogen) atoms. The van der Waals surface area contributed by atoms with Crippen LogP contribution in [0.2, 0.25) is 0 Å². The van der Waals surface area contributed by atoms with Crippen LogP contribution in [0.1, 0.15) is 40.8 Å². The summed E-state index contributed by atoms with van der Waals surface area (Å²) in [5.41, 5.74) is 0.550. The topological polar surface area (TPSA) is 157 Å². The van der Waals surface area contributed by atoms with E-state index in [1.54, 1.807) is 37.4 Å². The van der Waals surface area contributed by atoms with Gasteiger partial charge in [-0.3, -0.25) is 14.4 Å². The zero-order valence-electron chi connectivity index (χ0n) is 34.1. The van der Waals surface area contributed by atoms with Gasteiger partial charge in [0.25, 0.3) is 5.56 Å². The van der Waals surface area contributed by atoms with Gasteiger partial charge in [-0.05, 0) is 46.0 Å². The molecule has 0 saturated heterocycles. The average Bonchev–Trinajstić information content (AvgIpc) is 3.55. The number of phenolic OH excluding ortho intramolecular Hbond substituents is 1. The molecule has 0 radical (unpaired) electrons. The van der Waals surface area contributed by atoms with E-state index in [1.165, 1.54) is 34.2 Å². The summed E-state index contributed by atoms with van der Waals surface area (Å²) in [4.78, 5) is 78.2. The molecular formula is C49H41N5O8. The number of hydrogen-bond acceptors (Lipinski definition) is 9. The standard InChI is InChI=1S/C49H41N5O8/c1-51-38-27-41(62-3)40(61-2)26-36(38)50-35(46(51)58)21-22-52-47(59)53-23-20-32-37(54(53)48(52)60)25-34-45(57)33(28-12-6-4-7-13-28)24-42(56)49(34,30-15-8-5-9-16-30)44(32)43-31-17-11-10-14-29(31)18-19-39(43)55/h4-20,24,26-27,34,37,44,55H,21-23,25H2,1-3H3. The summed E-state index contributed by atoms with van der Waals surface area (Å²) in [7, 11) is 4.62. The number of aromatic hydroxyl groups is 1. The number of aryl methyl sites for hydroxylation is 2. The first kappa shape index (κ1) is 38.6. The molecule has 3 aliphatic rings. The number of hydrogen-bond donors (Lipinski definition) is 1. The van der Waals surface area contributed by atoms with Crippen molar-refractivity contribution in [2.45, 2.75) is 43.3 Å². The Labute approximate surface area is 354 Å². The second-order valence-electron chi connectivity index (χ2n) is 16.1. The maximum absolute atomic E-state index is 15.5. The van der Waals surface area contributed by atoms with E-state index in [0.717, 1.165) is 9.95 Å². The third-order valence-corrected chi connectivity index (χ3v) is 13.2. The van der Waals surface area contributed by atoms with Crippen molar-refractivity contribution in [1.29, 1.82) is 0 Å². The summed E-state index contributed by atoms with van der Waals surface area (Å²) in [6.07, 6.45) is 3.31. The Kier molecular flexibility index (Phi) is 9.09. The molecule has 0 spiro atoms. The van der Waals surface area contributed by atoms with E-state index < -0.39 is 40.2 Å². The molecule has 3 heterocycles. The highest BCUT2D eigenvalue weighted by Crippen LogP contribution is 2.63. The van der Waals surface area contributed by atoms with Crippen LogP contribution in [0, 0.1) is 5.92 Å². The van der Waals surface area contributed by atoms with Gasteiger partial charge < -0.3 is 19.1 Å². The molecule has 1 saturated carbocycles. The average molecular weight is 828 g/mol. The van der Waals surface area contributed by atoms with Crippen LogP contribution >= 0.6 is 0 Å². The lowest BCUT2D eigenvalue weighted by Gasteiger charge is -2.54. The Bertz CT molecular complexity index is 3270. The summed E-state index contributed by atoms with van der Waals surface area (Å²) in [6.45, 7) is -0.174. The Morgan fingerprint density at radius 3 is 2.26 bits per heavy atom. The van der Waals surface area contributed by atoms with E-state index >= 15 is 9.59 Å². The van der Waals surface area contributed by atoms with E-state index in [-0.39, 0.29) is 54.5 Å². The fraction of sp³-hybridized carbons (Fsp3) is 0.224. The van der Waals surface area contributed by atoms with Crippen molar-refractivity contribution in [1.82, 2.24) is 23.5 Å². The SMILES string of the molecule is COc1cc2nc(CCn3c(=O)n4n(c3=O)C3CC5C(=O)C(c6ccccc6)=CC(=O)C5(c5ccccc5)C(c5c(O)ccc6ccccc56)C3=CC4)c(=O)n(C)c2cc1OC. The number of fused-ring (bicyclic) bond motifs is 6. The number of allylic oxidation sites excluding steroid dienone is 4. The number of aromatic nitrogens is 5. The smallest absolute Gasteiger partial charge is 0.347 e. The fourth-order valence-corrected chi connectivity index (χ4v) is 10.4. The summed E-state index contributed by atoms with van der Waals surface area (Å²) in [6, 6.07) is 31.7. The van der Waals surface area contributed by atoms with Gasteiger partial charge in [-0.15, -0.1) is 0 Å². The number of carbonyl (C=O) groups is 2. The molecule has 13 heteroatoms. The number of ketones is 2. The van der Waals surface area contributed by atoms with Gasteiger partial charge in [-0.2, -0.15) is 0 Å². The number of ether oxygens (including phenoxy) is 2. The predicted molar refractivity (Wildman–Crippen MR) is 233 cm³/mol. The molecule has 4 atom stereocenters. The molecule has 0 bridgehead atoms. The third kappa shape index (κ3) is 5.53. The molecule has 13 nitrogen and oxygen atoms in total. The minimum atomic E-state index is -1.54. The second-order valence-corrected chi connectivity index (χ2v) is 16.1. The molecule has 7 aromatic rings. The van der Waals surface area contributed by atoms with Gasteiger partial charge in [0.2, 0.25) is 0 Å². The van der Waals surface area contributed by atoms with Gasteiger partial charge in [0, 0.05) is 55.1 Å². The molecule has 0 amide bonds. The zero-order chi connectivity index (χ0) is 43.0. The molecule has 1 fully saturated rings. The fourth-order valence-electron chi connectivity index (χ4n) is 10.4. The van der Waals surface area contributed by atoms with E-state index in [2.05, 4.69) is 4.98 Å². The highest BCUT2D eigenvalue weighted by Gasteiger charge is 2.63. The number of phenols is 1. The molecule has 1 N–H and O–H groups in total. The highest BCUT2D eigenvalue weighted by atomic mass is 16.5. The van der Waals surface area contributed by atoms with E-state index in [4.69, 9.17) is 9.47 Å². The van der Waals surface area contributed by atoms with Gasteiger partial charge in [0.1, 0.15) is 11.4 Å². The van der Waals surface area contributed by atoms with Crippen LogP contribution < -0.4 is 26.4 Å². The van der Waals surface area contributed by atoms with E-state index in [9.17, 15) is 19.5 Å². The van der Waals surface area contributed by atoms with Gasteiger partial charge in [-0.1, -0.05) is 97.1 Å². The van der Waals surface area contributed by atoms with Crippen LogP contribution in [0.3, 0.4) is 0 Å². The van der Waals surface area contributed by atoms with E-state index in [0.29, 0.717) is 50.2 Å². The first-order chi connectivity index (χ1) is 30.1. The van der Waals surface area contributed by atoms with Gasteiger partial charge in [0.05, 0.1) is 43.3 Å². The summed E-state index contributed by atoms with van der Waals surface area (Å²) < 4.78 is 16.2. The summed E-state index contributed by atoms with van der Waals surface area (Å²) in [5.74, 6) is -1.73.